The second kappa shape index (κ2) is 12.3. The van der Waals surface area contributed by atoms with Crippen LogP contribution in [0.2, 0.25) is 0 Å². The first-order valence-electron chi connectivity index (χ1n) is 20.2. The van der Waals surface area contributed by atoms with E-state index < -0.39 is 0 Å². The molecule has 3 heteroatoms. The van der Waals surface area contributed by atoms with Crippen LogP contribution in [0.15, 0.2) is 211 Å². The number of furan rings is 1. The molecule has 0 bridgehead atoms. The fourth-order valence-electron chi connectivity index (χ4n) is 9.83. The topological polar surface area (TPSA) is 23.0 Å². The number of hydrogen-bond acceptors (Lipinski definition) is 1. The van der Waals surface area contributed by atoms with Crippen molar-refractivity contribution in [3.63, 3.8) is 0 Å². The fraction of sp³-hybridized carbons (Fsp3) is 0. The van der Waals surface area contributed by atoms with Gasteiger partial charge in [-0.15, -0.1) is 0 Å². The van der Waals surface area contributed by atoms with E-state index >= 15 is 0 Å². The molecule has 0 aliphatic heterocycles. The highest BCUT2D eigenvalue weighted by Gasteiger charge is 2.22. The average molecular weight is 751 g/mol. The van der Waals surface area contributed by atoms with Gasteiger partial charge in [0.25, 0.3) is 0 Å². The minimum atomic E-state index is 0.903. The molecule has 0 saturated carbocycles. The maximum absolute atomic E-state index is 6.31. The molecule has 0 aliphatic carbocycles. The second-order valence-corrected chi connectivity index (χ2v) is 15.7. The first-order valence-corrected chi connectivity index (χ1v) is 20.2. The Labute approximate surface area is 339 Å². The Kier molecular flexibility index (Phi) is 6.72. The predicted molar refractivity (Wildman–Crippen MR) is 248 cm³/mol. The highest BCUT2D eigenvalue weighted by atomic mass is 16.3. The van der Waals surface area contributed by atoms with Crippen molar-refractivity contribution in [2.24, 2.45) is 0 Å². The van der Waals surface area contributed by atoms with E-state index in [1.54, 1.807) is 0 Å². The van der Waals surface area contributed by atoms with E-state index in [2.05, 4.69) is 209 Å². The minimum Gasteiger partial charge on any atom is -0.456 e. The Bertz CT molecular complexity index is 3860. The third-order valence-corrected chi connectivity index (χ3v) is 12.4. The standard InChI is InChI=1S/C56H34N2O/c1-2-13-36-30-40(27-26-35(36)12-1)37-16-9-18-42(31-37)58-50-29-28-49-55(56(50)47-33-38-14-3-4-15-39(38)34-51(47)58)45-20-5-7-23-48(45)57(49)43-19-10-17-41(32-43)44-22-11-25-53-54(44)46-21-6-8-24-52(46)59-53/h1-34H. The van der Waals surface area contributed by atoms with Gasteiger partial charge in [-0.05, 0) is 117 Å². The fourth-order valence-corrected chi connectivity index (χ4v) is 9.83. The van der Waals surface area contributed by atoms with E-state index in [1.807, 2.05) is 6.07 Å². The minimum absolute atomic E-state index is 0.903. The van der Waals surface area contributed by atoms with Crippen LogP contribution in [0.3, 0.4) is 0 Å². The van der Waals surface area contributed by atoms with Crippen LogP contribution in [0.1, 0.15) is 0 Å². The Morgan fingerprint density at radius 1 is 0.288 bits per heavy atom. The van der Waals surface area contributed by atoms with Crippen LogP contribution >= 0.6 is 0 Å². The predicted octanol–water partition coefficient (Wildman–Crippen LogP) is 15.4. The Morgan fingerprint density at radius 3 is 1.68 bits per heavy atom. The summed E-state index contributed by atoms with van der Waals surface area (Å²) in [5.41, 5.74) is 13.5. The van der Waals surface area contributed by atoms with Gasteiger partial charge in [0.2, 0.25) is 0 Å². The number of nitrogens with zero attached hydrogens (tertiary/aromatic N) is 2. The summed E-state index contributed by atoms with van der Waals surface area (Å²) in [5, 5.41) is 12.2. The monoisotopic (exact) mass is 750 g/mol. The van der Waals surface area contributed by atoms with Crippen molar-refractivity contribution in [1.82, 2.24) is 9.13 Å². The van der Waals surface area contributed by atoms with Gasteiger partial charge in [-0.25, -0.2) is 0 Å². The molecule has 10 aromatic carbocycles. The van der Waals surface area contributed by atoms with Gasteiger partial charge in [0, 0.05) is 43.7 Å². The Balaban J connectivity index is 1.08. The number of benzene rings is 10. The highest BCUT2D eigenvalue weighted by molar-refractivity contribution is 6.30. The molecule has 3 aromatic heterocycles. The van der Waals surface area contributed by atoms with E-state index in [9.17, 15) is 0 Å². The van der Waals surface area contributed by atoms with Crippen molar-refractivity contribution in [2.75, 3.05) is 0 Å². The summed E-state index contributed by atoms with van der Waals surface area (Å²) in [7, 11) is 0. The third-order valence-electron chi connectivity index (χ3n) is 12.4. The zero-order valence-electron chi connectivity index (χ0n) is 31.9. The molecule has 0 unspecified atom stereocenters. The lowest BCUT2D eigenvalue weighted by Gasteiger charge is -2.12. The maximum atomic E-state index is 6.31. The van der Waals surface area contributed by atoms with E-state index in [1.165, 1.54) is 81.8 Å². The molecule has 0 saturated heterocycles. The highest BCUT2D eigenvalue weighted by Crippen LogP contribution is 2.44. The lowest BCUT2D eigenvalue weighted by molar-refractivity contribution is 0.669. The molecule has 274 valence electrons. The molecule has 0 spiro atoms. The van der Waals surface area contributed by atoms with Crippen molar-refractivity contribution in [1.29, 1.82) is 0 Å². The molecule has 59 heavy (non-hydrogen) atoms. The average Bonchev–Trinajstić information content (AvgIpc) is 3.95. The van der Waals surface area contributed by atoms with Gasteiger partial charge in [0.05, 0.1) is 22.1 Å². The van der Waals surface area contributed by atoms with Crippen LogP contribution < -0.4 is 0 Å². The lowest BCUT2D eigenvalue weighted by atomic mass is 9.99. The lowest BCUT2D eigenvalue weighted by Crippen LogP contribution is -1.96. The zero-order chi connectivity index (χ0) is 38.6. The SMILES string of the molecule is c1cc(-c2ccc3ccccc3c2)cc(-n2c3cc4ccccc4cc3c3c4c5ccccc5n(-c5cccc(-c6cccc7oc8ccccc8c67)c5)c4ccc32)c1. The summed E-state index contributed by atoms with van der Waals surface area (Å²) in [4.78, 5) is 0. The molecule has 13 rings (SSSR count). The molecule has 13 aromatic rings. The van der Waals surface area contributed by atoms with Crippen LogP contribution in [0.4, 0.5) is 0 Å². The number of rotatable bonds is 4. The largest absolute Gasteiger partial charge is 0.456 e. The normalized spacial score (nSPS) is 12.1. The summed E-state index contributed by atoms with van der Waals surface area (Å²) in [6.07, 6.45) is 0. The van der Waals surface area contributed by atoms with Gasteiger partial charge >= 0.3 is 0 Å². The summed E-state index contributed by atoms with van der Waals surface area (Å²) in [5.74, 6) is 0. The van der Waals surface area contributed by atoms with Crippen molar-refractivity contribution < 1.29 is 4.42 Å². The molecule has 0 aliphatic rings. The van der Waals surface area contributed by atoms with Crippen LogP contribution in [0.25, 0.3) is 121 Å². The summed E-state index contributed by atoms with van der Waals surface area (Å²) in [6.45, 7) is 0. The molecule has 0 fully saturated rings. The smallest absolute Gasteiger partial charge is 0.136 e. The van der Waals surface area contributed by atoms with E-state index in [0.29, 0.717) is 0 Å². The third kappa shape index (κ3) is 4.76. The van der Waals surface area contributed by atoms with Crippen LogP contribution in [-0.4, -0.2) is 9.13 Å². The van der Waals surface area contributed by atoms with E-state index in [-0.39, 0.29) is 0 Å². The summed E-state index contributed by atoms with van der Waals surface area (Å²) >= 11 is 0. The zero-order valence-corrected chi connectivity index (χ0v) is 31.9. The number of aromatic nitrogens is 2. The second-order valence-electron chi connectivity index (χ2n) is 15.7. The van der Waals surface area contributed by atoms with Crippen molar-refractivity contribution in [3.8, 4) is 33.6 Å². The molecule has 3 heterocycles. The van der Waals surface area contributed by atoms with Crippen molar-refractivity contribution in [3.05, 3.63) is 206 Å². The van der Waals surface area contributed by atoms with Crippen LogP contribution in [0, 0.1) is 0 Å². The van der Waals surface area contributed by atoms with Gasteiger partial charge in [0.15, 0.2) is 0 Å². The Hall–Kier alpha value is -7.88. The molecule has 0 amide bonds. The van der Waals surface area contributed by atoms with Gasteiger partial charge in [0.1, 0.15) is 11.2 Å². The van der Waals surface area contributed by atoms with Crippen molar-refractivity contribution >= 4 is 87.1 Å². The van der Waals surface area contributed by atoms with Gasteiger partial charge in [-0.3, -0.25) is 0 Å². The molecule has 3 nitrogen and oxygen atoms in total. The van der Waals surface area contributed by atoms with Crippen LogP contribution in [0.5, 0.6) is 0 Å². The summed E-state index contributed by atoms with van der Waals surface area (Å²) < 4.78 is 11.2. The first-order chi connectivity index (χ1) is 29.2. The maximum Gasteiger partial charge on any atom is 0.136 e. The molecule has 0 atom stereocenters. The van der Waals surface area contributed by atoms with Crippen LogP contribution in [-0.2, 0) is 0 Å². The van der Waals surface area contributed by atoms with Gasteiger partial charge in [-0.2, -0.15) is 0 Å². The number of hydrogen-bond donors (Lipinski definition) is 0. The number of fused-ring (bicyclic) bond motifs is 12. The van der Waals surface area contributed by atoms with Gasteiger partial charge < -0.3 is 13.6 Å². The number of para-hydroxylation sites is 2. The van der Waals surface area contributed by atoms with E-state index in [4.69, 9.17) is 4.42 Å². The molecular weight excluding hydrogens is 717 g/mol. The van der Waals surface area contributed by atoms with Crippen molar-refractivity contribution in [2.45, 2.75) is 0 Å². The summed E-state index contributed by atoms with van der Waals surface area (Å²) in [6, 6.07) is 75.2. The molecule has 0 radical (unpaired) electrons. The van der Waals surface area contributed by atoms with Gasteiger partial charge in [-0.1, -0.05) is 133 Å². The first kappa shape index (κ1) is 32.2. The molecule has 0 N–H and O–H groups in total. The molecular formula is C56H34N2O. The Morgan fingerprint density at radius 2 is 0.864 bits per heavy atom. The quantitative estimate of drug-likeness (QED) is 0.176. The van der Waals surface area contributed by atoms with E-state index in [0.717, 1.165) is 38.9 Å².